The van der Waals surface area contributed by atoms with Gasteiger partial charge >= 0.3 is 0 Å². The van der Waals surface area contributed by atoms with Gasteiger partial charge in [0.25, 0.3) is 0 Å². The summed E-state index contributed by atoms with van der Waals surface area (Å²) in [5.74, 6) is -0.749. The van der Waals surface area contributed by atoms with E-state index in [1.54, 1.807) is 6.26 Å². The predicted octanol–water partition coefficient (Wildman–Crippen LogP) is 3.85. The predicted molar refractivity (Wildman–Crippen MR) is 64.1 cm³/mol. The normalized spacial score (nSPS) is 11.1. The maximum Gasteiger partial charge on any atom is 0.189 e. The van der Waals surface area contributed by atoms with E-state index in [2.05, 4.69) is 15.0 Å². The minimum atomic E-state index is -0.749. The Morgan fingerprint density at radius 3 is 2.25 bits per heavy atom. The van der Waals surface area contributed by atoms with Crippen molar-refractivity contribution in [1.82, 2.24) is 15.0 Å². The molecule has 0 radical (unpaired) electrons. The summed E-state index contributed by atoms with van der Waals surface area (Å²) in [4.78, 5) is 11.5. The molecular formula is C8H3Cl3FN3S. The zero-order chi connectivity index (χ0) is 11.9. The molecular weight excluding hydrogens is 296 g/mol. The highest BCUT2D eigenvalue weighted by Crippen LogP contribution is 2.32. The summed E-state index contributed by atoms with van der Waals surface area (Å²) in [7, 11) is 0. The van der Waals surface area contributed by atoms with Crippen LogP contribution in [0.15, 0.2) is 5.16 Å². The molecule has 0 fully saturated rings. The molecule has 3 nitrogen and oxygen atoms in total. The fraction of sp³-hybridized carbons (Fsp3) is 0.125. The van der Waals surface area contributed by atoms with Crippen molar-refractivity contribution in [3.8, 4) is 0 Å². The fourth-order valence-electron chi connectivity index (χ4n) is 1.14. The van der Waals surface area contributed by atoms with Crippen LogP contribution >= 0.6 is 46.6 Å². The lowest BCUT2D eigenvalue weighted by molar-refractivity contribution is 0.629. The van der Waals surface area contributed by atoms with Crippen molar-refractivity contribution in [3.05, 3.63) is 21.3 Å². The van der Waals surface area contributed by atoms with Crippen LogP contribution in [0, 0.1) is 5.82 Å². The Balaban J connectivity index is 2.94. The number of nitrogens with zero attached hydrogens (tertiary/aromatic N) is 3. The van der Waals surface area contributed by atoms with E-state index in [4.69, 9.17) is 34.8 Å². The van der Waals surface area contributed by atoms with Crippen molar-refractivity contribution in [3.63, 3.8) is 0 Å². The lowest BCUT2D eigenvalue weighted by Gasteiger charge is -2.05. The Morgan fingerprint density at radius 2 is 1.62 bits per heavy atom. The van der Waals surface area contributed by atoms with Crippen LogP contribution in [-0.4, -0.2) is 21.2 Å². The zero-order valence-electron chi connectivity index (χ0n) is 7.76. The molecule has 0 saturated heterocycles. The number of rotatable bonds is 1. The van der Waals surface area contributed by atoms with E-state index in [0.717, 1.165) is 0 Å². The Hall–Kier alpha value is -0.360. The van der Waals surface area contributed by atoms with Gasteiger partial charge in [-0.2, -0.15) is 0 Å². The van der Waals surface area contributed by atoms with Gasteiger partial charge in [0.15, 0.2) is 16.1 Å². The van der Waals surface area contributed by atoms with Crippen LogP contribution in [0.3, 0.4) is 0 Å². The van der Waals surface area contributed by atoms with Crippen LogP contribution in [-0.2, 0) is 0 Å². The highest BCUT2D eigenvalue weighted by atomic mass is 35.5. The van der Waals surface area contributed by atoms with E-state index < -0.39 is 5.82 Å². The van der Waals surface area contributed by atoms with E-state index >= 15 is 0 Å². The number of hydrogen-bond acceptors (Lipinski definition) is 4. The zero-order valence-corrected chi connectivity index (χ0v) is 10.8. The van der Waals surface area contributed by atoms with Gasteiger partial charge < -0.3 is 0 Å². The molecule has 0 atom stereocenters. The molecule has 2 aromatic heterocycles. The van der Waals surface area contributed by atoms with E-state index in [1.807, 2.05) is 0 Å². The smallest absolute Gasteiger partial charge is 0.189 e. The van der Waals surface area contributed by atoms with Crippen molar-refractivity contribution < 1.29 is 4.39 Å². The lowest BCUT2D eigenvalue weighted by Crippen LogP contribution is -1.96. The van der Waals surface area contributed by atoms with Gasteiger partial charge in [-0.1, -0.05) is 46.6 Å². The molecule has 0 N–H and O–H groups in total. The minimum Gasteiger partial charge on any atom is -0.220 e. The topological polar surface area (TPSA) is 38.7 Å². The summed E-state index contributed by atoms with van der Waals surface area (Å²) >= 11 is 18.5. The second-order valence-electron chi connectivity index (χ2n) is 2.73. The SMILES string of the molecule is CSc1nc(Cl)c2c(Cl)nc(Cl)c(F)c2n1. The standard InChI is InChI=1S/C8H3Cl3FN3S/c1-16-8-13-4-2(6(10)15-8)5(9)14-7(11)3(4)12/h1H3. The van der Waals surface area contributed by atoms with Crippen molar-refractivity contribution in [2.75, 3.05) is 6.26 Å². The summed E-state index contributed by atoms with van der Waals surface area (Å²) in [6.07, 6.45) is 1.75. The summed E-state index contributed by atoms with van der Waals surface area (Å²) in [5.41, 5.74) is -0.0191. The first kappa shape index (κ1) is 12.1. The third-order valence-corrected chi connectivity index (χ3v) is 3.16. The lowest BCUT2D eigenvalue weighted by atomic mass is 10.3. The number of fused-ring (bicyclic) bond motifs is 1. The van der Waals surface area contributed by atoms with Crippen molar-refractivity contribution in [1.29, 1.82) is 0 Å². The molecule has 2 heterocycles. The van der Waals surface area contributed by atoms with Gasteiger partial charge in [-0.05, 0) is 6.26 Å². The van der Waals surface area contributed by atoms with Gasteiger partial charge in [-0.25, -0.2) is 19.3 Å². The molecule has 0 aliphatic heterocycles. The third kappa shape index (κ3) is 1.93. The number of thioether (sulfide) groups is 1. The Kier molecular flexibility index (Phi) is 3.39. The van der Waals surface area contributed by atoms with Gasteiger partial charge in [0, 0.05) is 0 Å². The van der Waals surface area contributed by atoms with E-state index in [0.29, 0.717) is 5.16 Å². The molecule has 0 aromatic carbocycles. The molecule has 16 heavy (non-hydrogen) atoms. The summed E-state index contributed by atoms with van der Waals surface area (Å²) in [6, 6.07) is 0. The number of hydrogen-bond donors (Lipinski definition) is 0. The molecule has 0 saturated carbocycles. The van der Waals surface area contributed by atoms with Gasteiger partial charge in [-0.3, -0.25) is 0 Å². The summed E-state index contributed by atoms with van der Waals surface area (Å²) in [6.45, 7) is 0. The number of halogens is 4. The Bertz CT molecular complexity index is 578. The van der Waals surface area contributed by atoms with Crippen LogP contribution in [0.4, 0.5) is 4.39 Å². The monoisotopic (exact) mass is 297 g/mol. The molecule has 0 aliphatic rings. The molecule has 2 aromatic rings. The largest absolute Gasteiger partial charge is 0.220 e. The van der Waals surface area contributed by atoms with Gasteiger partial charge in [0.2, 0.25) is 0 Å². The molecule has 84 valence electrons. The molecule has 0 amide bonds. The van der Waals surface area contributed by atoms with Crippen LogP contribution in [0.25, 0.3) is 10.9 Å². The first-order valence-electron chi connectivity index (χ1n) is 3.96. The van der Waals surface area contributed by atoms with Crippen LogP contribution in [0.5, 0.6) is 0 Å². The average Bonchev–Trinajstić information content (AvgIpc) is 2.24. The van der Waals surface area contributed by atoms with E-state index in [9.17, 15) is 4.39 Å². The van der Waals surface area contributed by atoms with Gasteiger partial charge in [0.05, 0.1) is 5.39 Å². The van der Waals surface area contributed by atoms with E-state index in [-0.39, 0.29) is 26.4 Å². The van der Waals surface area contributed by atoms with Gasteiger partial charge in [0.1, 0.15) is 15.8 Å². The highest BCUT2D eigenvalue weighted by molar-refractivity contribution is 7.98. The number of aromatic nitrogens is 3. The molecule has 0 bridgehead atoms. The molecule has 0 unspecified atom stereocenters. The maximum absolute atomic E-state index is 13.7. The third-order valence-electron chi connectivity index (χ3n) is 1.82. The average molecular weight is 299 g/mol. The summed E-state index contributed by atoms with van der Waals surface area (Å²) in [5, 5.41) is 0.221. The quantitative estimate of drug-likeness (QED) is 0.347. The Morgan fingerprint density at radius 1 is 1.00 bits per heavy atom. The highest BCUT2D eigenvalue weighted by Gasteiger charge is 2.17. The molecule has 0 aliphatic carbocycles. The van der Waals surface area contributed by atoms with Crippen LogP contribution in [0.2, 0.25) is 15.5 Å². The minimum absolute atomic E-state index is 0.0148. The maximum atomic E-state index is 13.7. The fourth-order valence-corrected chi connectivity index (χ4v) is 2.34. The second kappa shape index (κ2) is 4.49. The molecule has 8 heteroatoms. The van der Waals surface area contributed by atoms with Crippen molar-refractivity contribution >= 4 is 57.5 Å². The van der Waals surface area contributed by atoms with E-state index in [1.165, 1.54) is 11.8 Å². The van der Waals surface area contributed by atoms with Crippen molar-refractivity contribution in [2.45, 2.75) is 5.16 Å². The van der Waals surface area contributed by atoms with Crippen LogP contribution < -0.4 is 0 Å². The first-order valence-corrected chi connectivity index (χ1v) is 6.32. The Labute approximate surface area is 109 Å². The van der Waals surface area contributed by atoms with Crippen LogP contribution in [0.1, 0.15) is 0 Å². The first-order chi connectivity index (χ1) is 7.54. The molecule has 2 rings (SSSR count). The summed E-state index contributed by atoms with van der Waals surface area (Å²) < 4.78 is 13.7. The molecule has 0 spiro atoms. The number of pyridine rings is 1. The van der Waals surface area contributed by atoms with Gasteiger partial charge in [-0.15, -0.1) is 0 Å². The van der Waals surface area contributed by atoms with Crippen molar-refractivity contribution in [2.24, 2.45) is 0 Å². The second-order valence-corrected chi connectivity index (χ2v) is 4.58.